The van der Waals surface area contributed by atoms with Crippen LogP contribution in [0.25, 0.3) is 22.2 Å². The molecule has 1 heterocycles. The van der Waals surface area contributed by atoms with Crippen molar-refractivity contribution in [1.29, 1.82) is 0 Å². The van der Waals surface area contributed by atoms with E-state index in [-0.39, 0.29) is 10.8 Å². The molecule has 3 aromatic rings. The molecule has 1 aromatic heterocycles. The summed E-state index contributed by atoms with van der Waals surface area (Å²) in [5.74, 6) is 1.74. The number of pyridine rings is 1. The third-order valence-electron chi connectivity index (χ3n) is 5.02. The summed E-state index contributed by atoms with van der Waals surface area (Å²) in [4.78, 5) is 0. The Morgan fingerprint density at radius 1 is 0.800 bits per heavy atom. The second-order valence-electron chi connectivity index (χ2n) is 10.6. The van der Waals surface area contributed by atoms with Gasteiger partial charge in [0.1, 0.15) is 18.5 Å². The van der Waals surface area contributed by atoms with Crippen molar-refractivity contribution in [2.24, 2.45) is 17.9 Å². The van der Waals surface area contributed by atoms with E-state index in [9.17, 15) is 0 Å². The summed E-state index contributed by atoms with van der Waals surface area (Å²) in [5, 5.41) is 1.23. The molecule has 0 N–H and O–H groups in total. The Labute approximate surface area is 181 Å². The summed E-state index contributed by atoms with van der Waals surface area (Å²) < 4.78 is 14.7. The van der Waals surface area contributed by atoms with Crippen molar-refractivity contribution in [1.82, 2.24) is 0 Å². The molecule has 0 spiro atoms. The van der Waals surface area contributed by atoms with Crippen LogP contribution in [0.15, 0.2) is 48.5 Å². The third-order valence-corrected chi connectivity index (χ3v) is 5.02. The van der Waals surface area contributed by atoms with Crippen LogP contribution < -0.4 is 14.0 Å². The first-order valence-electron chi connectivity index (χ1n) is 10.7. The minimum absolute atomic E-state index is 0.0858. The van der Waals surface area contributed by atoms with E-state index in [1.54, 1.807) is 0 Å². The van der Waals surface area contributed by atoms with E-state index in [2.05, 4.69) is 103 Å². The average Bonchev–Trinajstić information content (AvgIpc) is 2.66. The Bertz CT molecular complexity index is 1040. The Hall–Kier alpha value is -2.55. The van der Waals surface area contributed by atoms with Gasteiger partial charge in [-0.15, -0.1) is 0 Å². The van der Waals surface area contributed by atoms with Gasteiger partial charge in [-0.1, -0.05) is 53.7 Å². The largest absolute Gasteiger partial charge is 0.493 e. The van der Waals surface area contributed by atoms with Gasteiger partial charge in [0.05, 0.1) is 18.8 Å². The van der Waals surface area contributed by atoms with E-state index in [1.807, 2.05) is 6.07 Å². The zero-order valence-electron chi connectivity index (χ0n) is 19.8. The third kappa shape index (κ3) is 5.33. The first-order chi connectivity index (χ1) is 13.9. The van der Waals surface area contributed by atoms with Crippen molar-refractivity contribution in [3.05, 3.63) is 54.1 Å². The summed E-state index contributed by atoms with van der Waals surface area (Å²) in [7, 11) is 2.12. The number of fused-ring (bicyclic) bond motifs is 1. The lowest BCUT2D eigenvalue weighted by Crippen LogP contribution is -2.32. The van der Waals surface area contributed by atoms with E-state index >= 15 is 0 Å². The highest BCUT2D eigenvalue weighted by Gasteiger charge is 2.21. The Morgan fingerprint density at radius 2 is 1.43 bits per heavy atom. The van der Waals surface area contributed by atoms with E-state index in [4.69, 9.17) is 9.47 Å². The molecular formula is C27H36NO2+. The van der Waals surface area contributed by atoms with Gasteiger partial charge in [0, 0.05) is 29.1 Å². The van der Waals surface area contributed by atoms with Crippen LogP contribution in [-0.2, 0) is 7.05 Å². The second kappa shape index (κ2) is 8.29. The quantitative estimate of drug-likeness (QED) is 0.452. The maximum Gasteiger partial charge on any atom is 0.213 e. The average molecular weight is 407 g/mol. The Morgan fingerprint density at radius 3 is 2.10 bits per heavy atom. The fourth-order valence-electron chi connectivity index (χ4n) is 3.37. The molecule has 0 aliphatic heterocycles. The SMILES string of the molecule is Cc1c(OCC(C)(C)C)cc(OCC(C)(C)C)cc1-c1ccc2ccccc2[n+]1C. The van der Waals surface area contributed by atoms with Crippen LogP contribution in [-0.4, -0.2) is 13.2 Å². The number of rotatable bonds is 5. The lowest BCUT2D eigenvalue weighted by molar-refractivity contribution is -0.633. The predicted molar refractivity (Wildman–Crippen MR) is 125 cm³/mol. The molecule has 0 atom stereocenters. The lowest BCUT2D eigenvalue weighted by atomic mass is 9.98. The molecule has 2 aromatic carbocycles. The summed E-state index contributed by atoms with van der Waals surface area (Å²) in [6, 6.07) is 17.0. The normalized spacial score (nSPS) is 12.3. The van der Waals surface area contributed by atoms with Crippen LogP contribution in [0.4, 0.5) is 0 Å². The van der Waals surface area contributed by atoms with Gasteiger partial charge >= 0.3 is 0 Å². The van der Waals surface area contributed by atoms with Crippen LogP contribution in [0, 0.1) is 17.8 Å². The lowest BCUT2D eigenvalue weighted by Gasteiger charge is -2.23. The number of aromatic nitrogens is 1. The maximum absolute atomic E-state index is 6.27. The second-order valence-corrected chi connectivity index (χ2v) is 10.6. The van der Waals surface area contributed by atoms with Crippen LogP contribution in [0.5, 0.6) is 11.5 Å². The zero-order chi connectivity index (χ0) is 22.1. The van der Waals surface area contributed by atoms with Gasteiger partial charge in [-0.3, -0.25) is 0 Å². The van der Waals surface area contributed by atoms with Gasteiger partial charge < -0.3 is 9.47 Å². The molecule has 3 rings (SSSR count). The molecule has 0 unspecified atom stereocenters. The molecule has 30 heavy (non-hydrogen) atoms. The van der Waals surface area contributed by atoms with Crippen LogP contribution >= 0.6 is 0 Å². The number of aryl methyl sites for hydroxylation is 1. The number of hydrogen-bond acceptors (Lipinski definition) is 2. The minimum atomic E-state index is 0.0858. The topological polar surface area (TPSA) is 22.3 Å². The molecular weight excluding hydrogens is 370 g/mol. The van der Waals surface area contributed by atoms with Crippen molar-refractivity contribution in [2.75, 3.05) is 13.2 Å². The van der Waals surface area contributed by atoms with Gasteiger partial charge in [0.25, 0.3) is 0 Å². The van der Waals surface area contributed by atoms with E-state index in [1.165, 1.54) is 10.9 Å². The van der Waals surface area contributed by atoms with Crippen molar-refractivity contribution in [3.8, 4) is 22.8 Å². The van der Waals surface area contributed by atoms with Crippen molar-refractivity contribution < 1.29 is 14.0 Å². The molecule has 0 bridgehead atoms. The van der Waals surface area contributed by atoms with Gasteiger partial charge in [-0.05, 0) is 36.0 Å². The number of nitrogens with zero attached hydrogens (tertiary/aromatic N) is 1. The van der Waals surface area contributed by atoms with Crippen molar-refractivity contribution in [3.63, 3.8) is 0 Å². The molecule has 0 amide bonds. The van der Waals surface area contributed by atoms with Crippen LogP contribution in [0.3, 0.4) is 0 Å². The molecule has 0 aliphatic rings. The molecule has 0 radical (unpaired) electrons. The number of ether oxygens (including phenoxy) is 2. The standard InChI is InChI=1S/C27H36NO2/c1-19-22(24-14-13-20-11-9-10-12-23(20)28(24)8)15-21(29-17-26(2,3)4)16-25(19)30-18-27(5,6)7/h9-16H,17-18H2,1-8H3/q+1. The molecule has 160 valence electrons. The fourth-order valence-corrected chi connectivity index (χ4v) is 3.37. The monoisotopic (exact) mass is 406 g/mol. The molecule has 0 fully saturated rings. The van der Waals surface area contributed by atoms with Crippen molar-refractivity contribution in [2.45, 2.75) is 48.5 Å². The molecule has 0 aliphatic carbocycles. The summed E-state index contributed by atoms with van der Waals surface area (Å²) >= 11 is 0. The summed E-state index contributed by atoms with van der Waals surface area (Å²) in [6.07, 6.45) is 0. The molecule has 3 nitrogen and oxygen atoms in total. The van der Waals surface area contributed by atoms with E-state index in [0.29, 0.717) is 13.2 Å². The summed E-state index contributed by atoms with van der Waals surface area (Å²) in [6.45, 7) is 16.5. The zero-order valence-corrected chi connectivity index (χ0v) is 19.8. The summed E-state index contributed by atoms with van der Waals surface area (Å²) in [5.41, 5.74) is 4.79. The minimum Gasteiger partial charge on any atom is -0.493 e. The highest BCUT2D eigenvalue weighted by molar-refractivity contribution is 5.78. The van der Waals surface area contributed by atoms with Gasteiger partial charge in [-0.25, -0.2) is 0 Å². The van der Waals surface area contributed by atoms with Gasteiger partial charge in [0.2, 0.25) is 11.2 Å². The Balaban J connectivity index is 2.11. The molecule has 0 saturated carbocycles. The van der Waals surface area contributed by atoms with E-state index < -0.39 is 0 Å². The highest BCUT2D eigenvalue weighted by Crippen LogP contribution is 2.35. The van der Waals surface area contributed by atoms with Gasteiger partial charge in [-0.2, -0.15) is 4.57 Å². The fraction of sp³-hybridized carbons (Fsp3) is 0.444. The van der Waals surface area contributed by atoms with Crippen LogP contribution in [0.1, 0.15) is 47.1 Å². The molecule has 0 saturated heterocycles. The predicted octanol–water partition coefficient (Wildman–Crippen LogP) is 6.49. The van der Waals surface area contributed by atoms with Crippen molar-refractivity contribution >= 4 is 10.9 Å². The number of hydrogen-bond donors (Lipinski definition) is 0. The first kappa shape index (κ1) is 22.1. The number of para-hydroxylation sites is 1. The maximum atomic E-state index is 6.27. The number of benzene rings is 2. The van der Waals surface area contributed by atoms with E-state index in [0.717, 1.165) is 28.3 Å². The smallest absolute Gasteiger partial charge is 0.213 e. The highest BCUT2D eigenvalue weighted by atomic mass is 16.5. The van der Waals surface area contributed by atoms with Gasteiger partial charge in [0.15, 0.2) is 0 Å². The van der Waals surface area contributed by atoms with Crippen LogP contribution in [0.2, 0.25) is 0 Å². The Kier molecular flexibility index (Phi) is 6.12. The first-order valence-corrected chi connectivity index (χ1v) is 10.7. The molecule has 3 heteroatoms.